The summed E-state index contributed by atoms with van der Waals surface area (Å²) in [6, 6.07) is 18.6. The molecule has 1 atom stereocenters. The van der Waals surface area contributed by atoms with Crippen LogP contribution >= 0.6 is 0 Å². The zero-order chi connectivity index (χ0) is 26.5. The number of hydrogen-bond donors (Lipinski definition) is 2. The zero-order valence-corrected chi connectivity index (χ0v) is 22.1. The lowest BCUT2D eigenvalue weighted by molar-refractivity contribution is -0.114. The molecule has 3 aromatic rings. The quantitative estimate of drug-likeness (QED) is 0.427. The van der Waals surface area contributed by atoms with Crippen LogP contribution in [0.3, 0.4) is 0 Å². The van der Waals surface area contributed by atoms with Crippen molar-refractivity contribution < 1.29 is 18.0 Å². The van der Waals surface area contributed by atoms with E-state index in [1.165, 1.54) is 12.1 Å². The van der Waals surface area contributed by atoms with Gasteiger partial charge in [0.2, 0.25) is 5.91 Å². The van der Waals surface area contributed by atoms with Gasteiger partial charge in [-0.3, -0.25) is 13.9 Å². The second kappa shape index (κ2) is 11.4. The smallest absolute Gasteiger partial charge is 0.264 e. The van der Waals surface area contributed by atoms with Gasteiger partial charge in [0.05, 0.1) is 21.8 Å². The van der Waals surface area contributed by atoms with Gasteiger partial charge in [-0.15, -0.1) is 0 Å². The molecule has 0 saturated carbocycles. The summed E-state index contributed by atoms with van der Waals surface area (Å²) in [6.45, 7) is 9.03. The van der Waals surface area contributed by atoms with Crippen molar-refractivity contribution in [1.82, 2.24) is 5.32 Å². The lowest BCUT2D eigenvalue weighted by Gasteiger charge is -2.25. The molecule has 3 aromatic carbocycles. The lowest BCUT2D eigenvalue weighted by Crippen LogP contribution is -2.38. The summed E-state index contributed by atoms with van der Waals surface area (Å²) in [5.41, 5.74) is 3.70. The van der Waals surface area contributed by atoms with E-state index in [9.17, 15) is 18.0 Å². The average molecular weight is 508 g/mol. The first-order valence-corrected chi connectivity index (χ1v) is 13.3. The van der Waals surface area contributed by atoms with Gasteiger partial charge in [-0.25, -0.2) is 8.42 Å². The van der Waals surface area contributed by atoms with Crippen LogP contribution in [0.1, 0.15) is 47.3 Å². The van der Waals surface area contributed by atoms with Crippen LogP contribution in [0.4, 0.5) is 11.4 Å². The molecule has 0 aliphatic heterocycles. The third-order valence-electron chi connectivity index (χ3n) is 5.83. The number of nitrogens with one attached hydrogen (secondary N) is 2. The molecule has 36 heavy (non-hydrogen) atoms. The fraction of sp³-hybridized carbons (Fsp3) is 0.286. The van der Waals surface area contributed by atoms with E-state index >= 15 is 0 Å². The van der Waals surface area contributed by atoms with Crippen molar-refractivity contribution in [3.8, 4) is 0 Å². The van der Waals surface area contributed by atoms with Gasteiger partial charge < -0.3 is 10.6 Å². The highest BCUT2D eigenvalue weighted by Crippen LogP contribution is 2.26. The van der Waals surface area contributed by atoms with Gasteiger partial charge in [0.15, 0.2) is 0 Å². The van der Waals surface area contributed by atoms with Crippen molar-refractivity contribution in [2.45, 2.75) is 52.0 Å². The molecule has 3 rings (SSSR count). The maximum absolute atomic E-state index is 13.7. The van der Waals surface area contributed by atoms with Gasteiger partial charge in [-0.2, -0.15) is 0 Å². The summed E-state index contributed by atoms with van der Waals surface area (Å²) >= 11 is 0. The molecule has 0 radical (unpaired) electrons. The molecular weight excluding hydrogens is 474 g/mol. The van der Waals surface area contributed by atoms with E-state index in [-0.39, 0.29) is 16.8 Å². The molecule has 0 heterocycles. The Morgan fingerprint density at radius 2 is 1.50 bits per heavy atom. The van der Waals surface area contributed by atoms with Crippen LogP contribution in [0.5, 0.6) is 0 Å². The Labute approximate surface area is 213 Å². The van der Waals surface area contributed by atoms with Crippen molar-refractivity contribution in [2.75, 3.05) is 16.2 Å². The molecule has 0 spiro atoms. The van der Waals surface area contributed by atoms with Crippen LogP contribution in [0.15, 0.2) is 71.6 Å². The fourth-order valence-electron chi connectivity index (χ4n) is 3.76. The zero-order valence-electron chi connectivity index (χ0n) is 21.3. The number of benzene rings is 3. The summed E-state index contributed by atoms with van der Waals surface area (Å²) in [5.74, 6) is -0.868. The summed E-state index contributed by atoms with van der Waals surface area (Å²) < 4.78 is 28.4. The van der Waals surface area contributed by atoms with Crippen molar-refractivity contribution in [2.24, 2.45) is 0 Å². The fourth-order valence-corrected chi connectivity index (χ4v) is 5.17. The van der Waals surface area contributed by atoms with Crippen LogP contribution in [0.2, 0.25) is 0 Å². The number of carbonyl (C=O) groups is 2. The minimum atomic E-state index is -4.04. The molecule has 0 aliphatic carbocycles. The van der Waals surface area contributed by atoms with Gasteiger partial charge in [0.25, 0.3) is 15.9 Å². The number of rotatable bonds is 9. The second-order valence-electron chi connectivity index (χ2n) is 9.05. The molecule has 190 valence electrons. The highest BCUT2D eigenvalue weighted by molar-refractivity contribution is 7.92. The van der Waals surface area contributed by atoms with Crippen LogP contribution in [-0.4, -0.2) is 32.8 Å². The molecule has 7 nitrogen and oxygen atoms in total. The summed E-state index contributed by atoms with van der Waals surface area (Å²) in [5, 5.41) is 5.63. The molecule has 8 heteroatoms. The third kappa shape index (κ3) is 6.51. The van der Waals surface area contributed by atoms with E-state index in [1.54, 1.807) is 48.5 Å². The number of carbonyl (C=O) groups excluding carboxylic acids is 2. The van der Waals surface area contributed by atoms with Gasteiger partial charge in [0.1, 0.15) is 6.54 Å². The molecular formula is C28H33N3O4S. The Morgan fingerprint density at radius 3 is 2.11 bits per heavy atom. The standard InChI is InChI=1S/C28H33N3O4S/c1-6-22(5)29-28(33)25-9-7-8-10-26(25)30-27(32)18-31(23-16-20(3)15-21(4)17-23)36(34,35)24-13-11-19(2)12-14-24/h7-17,22H,6,18H2,1-5H3,(H,29,33)(H,30,32)/t22-/m1/s1. The monoisotopic (exact) mass is 507 g/mol. The molecule has 0 bridgehead atoms. The van der Waals surface area contributed by atoms with E-state index in [4.69, 9.17) is 0 Å². The number of hydrogen-bond acceptors (Lipinski definition) is 4. The summed E-state index contributed by atoms with van der Waals surface area (Å²) in [4.78, 5) is 26.0. The van der Waals surface area contributed by atoms with Crippen molar-refractivity contribution in [3.63, 3.8) is 0 Å². The Hall–Kier alpha value is -3.65. The van der Waals surface area contributed by atoms with Crippen LogP contribution in [-0.2, 0) is 14.8 Å². The minimum absolute atomic E-state index is 0.0269. The average Bonchev–Trinajstić information content (AvgIpc) is 2.82. The molecule has 0 aromatic heterocycles. The first-order valence-electron chi connectivity index (χ1n) is 11.9. The number of sulfonamides is 1. The minimum Gasteiger partial charge on any atom is -0.350 e. The molecule has 0 saturated heterocycles. The molecule has 0 aliphatic rings. The van der Waals surface area contributed by atoms with E-state index in [1.807, 2.05) is 40.7 Å². The number of para-hydroxylation sites is 1. The van der Waals surface area contributed by atoms with Gasteiger partial charge in [0, 0.05) is 6.04 Å². The first-order chi connectivity index (χ1) is 17.0. The Kier molecular flexibility index (Phi) is 8.53. The molecule has 2 N–H and O–H groups in total. The van der Waals surface area contributed by atoms with Gasteiger partial charge in [-0.05, 0) is 81.6 Å². The number of anilines is 2. The largest absolute Gasteiger partial charge is 0.350 e. The van der Waals surface area contributed by atoms with E-state index in [2.05, 4.69) is 10.6 Å². The normalized spacial score (nSPS) is 12.0. The second-order valence-corrected chi connectivity index (χ2v) is 10.9. The van der Waals surface area contributed by atoms with Crippen LogP contribution in [0.25, 0.3) is 0 Å². The van der Waals surface area contributed by atoms with Crippen molar-refractivity contribution in [1.29, 1.82) is 0 Å². The maximum Gasteiger partial charge on any atom is 0.264 e. The maximum atomic E-state index is 13.7. The highest BCUT2D eigenvalue weighted by Gasteiger charge is 2.28. The third-order valence-corrected chi connectivity index (χ3v) is 7.61. The first kappa shape index (κ1) is 26.9. The van der Waals surface area contributed by atoms with Crippen LogP contribution in [0, 0.1) is 20.8 Å². The van der Waals surface area contributed by atoms with E-state index < -0.39 is 22.5 Å². The summed E-state index contributed by atoms with van der Waals surface area (Å²) in [7, 11) is -4.04. The SMILES string of the molecule is CC[C@@H](C)NC(=O)c1ccccc1NC(=O)CN(c1cc(C)cc(C)c1)S(=O)(=O)c1ccc(C)cc1. The number of amides is 2. The van der Waals surface area contributed by atoms with Gasteiger partial charge >= 0.3 is 0 Å². The number of aryl methyl sites for hydroxylation is 3. The van der Waals surface area contributed by atoms with E-state index in [0.29, 0.717) is 16.9 Å². The Morgan fingerprint density at radius 1 is 0.889 bits per heavy atom. The van der Waals surface area contributed by atoms with E-state index in [0.717, 1.165) is 27.4 Å². The predicted octanol–water partition coefficient (Wildman–Crippen LogP) is 4.97. The Balaban J connectivity index is 1.95. The van der Waals surface area contributed by atoms with Crippen molar-refractivity contribution in [3.05, 3.63) is 89.0 Å². The van der Waals surface area contributed by atoms with Gasteiger partial charge in [-0.1, -0.05) is 42.8 Å². The number of nitrogens with zero attached hydrogens (tertiary/aromatic N) is 1. The van der Waals surface area contributed by atoms with Crippen LogP contribution < -0.4 is 14.9 Å². The highest BCUT2D eigenvalue weighted by atomic mass is 32.2. The lowest BCUT2D eigenvalue weighted by atomic mass is 10.1. The molecule has 0 unspecified atom stereocenters. The topological polar surface area (TPSA) is 95.6 Å². The molecule has 0 fully saturated rings. The molecule has 2 amide bonds. The Bertz CT molecular complexity index is 1330. The summed E-state index contributed by atoms with van der Waals surface area (Å²) in [6.07, 6.45) is 0.766. The predicted molar refractivity (Wildman–Crippen MR) is 144 cm³/mol. The van der Waals surface area contributed by atoms with Crippen molar-refractivity contribution >= 4 is 33.2 Å².